The maximum Gasteiger partial charge on any atom is 0.153 e. The maximum absolute atomic E-state index is 6.10. The second-order valence-corrected chi connectivity index (χ2v) is 6.45. The van der Waals surface area contributed by atoms with Crippen molar-refractivity contribution in [2.24, 2.45) is 0 Å². The lowest BCUT2D eigenvalue weighted by Crippen LogP contribution is -1.90. The number of aromatic nitrogens is 2. The Balaban J connectivity index is 2.14. The fraction of sp³-hybridized carbons (Fsp3) is 0.235. The molecule has 0 spiro atoms. The molecule has 0 unspecified atom stereocenters. The van der Waals surface area contributed by atoms with Crippen LogP contribution in [0, 0.1) is 13.8 Å². The van der Waals surface area contributed by atoms with Crippen molar-refractivity contribution in [3.63, 3.8) is 0 Å². The molecule has 3 rings (SSSR count). The van der Waals surface area contributed by atoms with Gasteiger partial charge in [-0.3, -0.25) is 5.10 Å². The first kappa shape index (κ1) is 13.9. The summed E-state index contributed by atoms with van der Waals surface area (Å²) in [5.41, 5.74) is 11.8. The first-order valence-corrected chi connectivity index (χ1v) is 7.92. The Hall–Kier alpha value is -2.07. The van der Waals surface area contributed by atoms with Crippen LogP contribution in [0.15, 0.2) is 30.3 Å². The lowest BCUT2D eigenvalue weighted by Gasteiger charge is -2.06. The number of thiophene rings is 1. The van der Waals surface area contributed by atoms with Crippen LogP contribution in [0.4, 0.5) is 5.82 Å². The number of nitrogens with zero attached hydrogens (tertiary/aromatic N) is 1. The number of H-pyrrole nitrogens is 1. The molecule has 0 bridgehead atoms. The summed E-state index contributed by atoms with van der Waals surface area (Å²) in [4.78, 5) is 2.55. The number of nitrogens with two attached hydrogens (primary N) is 1. The Labute approximate surface area is 128 Å². The summed E-state index contributed by atoms with van der Waals surface area (Å²) >= 11 is 1.79. The zero-order valence-corrected chi connectivity index (χ0v) is 13.3. The van der Waals surface area contributed by atoms with Crippen molar-refractivity contribution in [1.29, 1.82) is 0 Å². The Morgan fingerprint density at radius 2 is 1.95 bits per heavy atom. The van der Waals surface area contributed by atoms with Gasteiger partial charge in [-0.25, -0.2) is 0 Å². The van der Waals surface area contributed by atoms with E-state index in [1.807, 2.05) is 0 Å². The topological polar surface area (TPSA) is 54.7 Å². The molecule has 0 saturated carbocycles. The van der Waals surface area contributed by atoms with Crippen LogP contribution < -0.4 is 5.73 Å². The monoisotopic (exact) mass is 297 g/mol. The van der Waals surface area contributed by atoms with E-state index < -0.39 is 0 Å². The summed E-state index contributed by atoms with van der Waals surface area (Å²) in [5.74, 6) is 0.555. The molecule has 0 fully saturated rings. The van der Waals surface area contributed by atoms with Crippen LogP contribution in [-0.2, 0) is 6.42 Å². The predicted octanol–water partition coefficient (Wildman–Crippen LogP) is 4.57. The molecular weight excluding hydrogens is 278 g/mol. The largest absolute Gasteiger partial charge is 0.382 e. The fourth-order valence-electron chi connectivity index (χ4n) is 2.43. The van der Waals surface area contributed by atoms with Gasteiger partial charge < -0.3 is 5.73 Å². The molecule has 1 aromatic carbocycles. The van der Waals surface area contributed by atoms with Gasteiger partial charge >= 0.3 is 0 Å². The zero-order valence-electron chi connectivity index (χ0n) is 12.5. The van der Waals surface area contributed by atoms with E-state index in [1.54, 1.807) is 11.3 Å². The van der Waals surface area contributed by atoms with Gasteiger partial charge in [-0.2, -0.15) is 5.10 Å². The van der Waals surface area contributed by atoms with Crippen LogP contribution in [0.25, 0.3) is 21.7 Å². The van der Waals surface area contributed by atoms with Gasteiger partial charge in [0.1, 0.15) is 0 Å². The number of aromatic amines is 1. The van der Waals surface area contributed by atoms with Gasteiger partial charge in [-0.1, -0.05) is 25.1 Å². The van der Waals surface area contributed by atoms with Gasteiger partial charge in [-0.05, 0) is 49.1 Å². The number of nitrogens with one attached hydrogen (secondary N) is 1. The molecule has 3 aromatic rings. The second-order valence-electron chi connectivity index (χ2n) is 5.28. The van der Waals surface area contributed by atoms with E-state index in [2.05, 4.69) is 61.3 Å². The van der Waals surface area contributed by atoms with Crippen molar-refractivity contribution in [2.45, 2.75) is 27.2 Å². The van der Waals surface area contributed by atoms with Gasteiger partial charge in [0, 0.05) is 4.88 Å². The Morgan fingerprint density at radius 1 is 1.14 bits per heavy atom. The van der Waals surface area contributed by atoms with Crippen molar-refractivity contribution in [1.82, 2.24) is 10.2 Å². The molecule has 21 heavy (non-hydrogen) atoms. The molecule has 2 heterocycles. The van der Waals surface area contributed by atoms with Crippen molar-refractivity contribution >= 4 is 17.2 Å². The maximum atomic E-state index is 6.10. The standard InChI is InChI=1S/C17H19N3S/c1-4-13-7-8-14(21-13)16-15(17(18)20-19-16)12-6-5-10(2)11(3)9-12/h5-9H,4H2,1-3H3,(H3,18,19,20). The molecule has 0 radical (unpaired) electrons. The Bertz CT molecular complexity index is 783. The molecule has 0 aliphatic rings. The first-order chi connectivity index (χ1) is 10.1. The van der Waals surface area contributed by atoms with Gasteiger partial charge in [-0.15, -0.1) is 11.3 Å². The molecule has 2 aromatic heterocycles. The molecule has 0 atom stereocenters. The number of rotatable bonds is 3. The molecule has 0 aliphatic carbocycles. The molecule has 3 N–H and O–H groups in total. The third-order valence-electron chi connectivity index (χ3n) is 3.85. The van der Waals surface area contributed by atoms with E-state index in [4.69, 9.17) is 5.73 Å². The van der Waals surface area contributed by atoms with Crippen LogP contribution in [0.2, 0.25) is 0 Å². The number of anilines is 1. The van der Waals surface area contributed by atoms with Crippen molar-refractivity contribution in [3.8, 4) is 21.7 Å². The number of aryl methyl sites for hydroxylation is 3. The fourth-order valence-corrected chi connectivity index (χ4v) is 3.37. The molecule has 3 nitrogen and oxygen atoms in total. The average Bonchev–Trinajstić information content (AvgIpc) is 3.08. The highest BCUT2D eigenvalue weighted by molar-refractivity contribution is 7.15. The van der Waals surface area contributed by atoms with E-state index >= 15 is 0 Å². The lowest BCUT2D eigenvalue weighted by molar-refractivity contribution is 1.11. The van der Waals surface area contributed by atoms with Crippen LogP contribution >= 0.6 is 11.3 Å². The van der Waals surface area contributed by atoms with Crippen LogP contribution in [0.5, 0.6) is 0 Å². The number of benzene rings is 1. The number of hydrogen-bond donors (Lipinski definition) is 2. The molecular formula is C17H19N3S. The van der Waals surface area contributed by atoms with Crippen molar-refractivity contribution in [3.05, 3.63) is 46.3 Å². The lowest BCUT2D eigenvalue weighted by atomic mass is 10.00. The quantitative estimate of drug-likeness (QED) is 0.744. The van der Waals surface area contributed by atoms with Crippen LogP contribution in [-0.4, -0.2) is 10.2 Å². The molecule has 108 valence electrons. The second kappa shape index (κ2) is 5.37. The summed E-state index contributed by atoms with van der Waals surface area (Å²) in [5, 5.41) is 7.31. The molecule has 0 saturated heterocycles. The zero-order chi connectivity index (χ0) is 15.0. The minimum absolute atomic E-state index is 0.555. The van der Waals surface area contributed by atoms with E-state index in [9.17, 15) is 0 Å². The summed E-state index contributed by atoms with van der Waals surface area (Å²) in [6.07, 6.45) is 1.05. The van der Waals surface area contributed by atoms with E-state index in [-0.39, 0.29) is 0 Å². The van der Waals surface area contributed by atoms with Gasteiger partial charge in [0.2, 0.25) is 0 Å². The van der Waals surface area contributed by atoms with E-state index in [0.29, 0.717) is 5.82 Å². The third-order valence-corrected chi connectivity index (χ3v) is 5.09. The smallest absolute Gasteiger partial charge is 0.153 e. The van der Waals surface area contributed by atoms with Crippen molar-refractivity contribution < 1.29 is 0 Å². The normalized spacial score (nSPS) is 11.0. The Morgan fingerprint density at radius 3 is 2.62 bits per heavy atom. The minimum atomic E-state index is 0.555. The SMILES string of the molecule is CCc1ccc(-c2[nH]nc(N)c2-c2ccc(C)c(C)c2)s1. The third kappa shape index (κ3) is 2.47. The highest BCUT2D eigenvalue weighted by Crippen LogP contribution is 2.38. The van der Waals surface area contributed by atoms with Crippen LogP contribution in [0.3, 0.4) is 0 Å². The number of nitrogen functional groups attached to an aromatic ring is 1. The van der Waals surface area contributed by atoms with Crippen molar-refractivity contribution in [2.75, 3.05) is 5.73 Å². The molecule has 0 amide bonds. The molecule has 0 aliphatic heterocycles. The van der Waals surface area contributed by atoms with Gasteiger partial charge in [0.05, 0.1) is 16.1 Å². The summed E-state index contributed by atoms with van der Waals surface area (Å²) in [7, 11) is 0. The predicted molar refractivity (Wildman–Crippen MR) is 90.6 cm³/mol. The highest BCUT2D eigenvalue weighted by Gasteiger charge is 2.16. The average molecular weight is 297 g/mol. The Kier molecular flexibility index (Phi) is 3.55. The summed E-state index contributed by atoms with van der Waals surface area (Å²) < 4.78 is 0. The number of hydrogen-bond acceptors (Lipinski definition) is 3. The van der Waals surface area contributed by atoms with Gasteiger partial charge in [0.15, 0.2) is 5.82 Å². The first-order valence-electron chi connectivity index (χ1n) is 7.10. The highest BCUT2D eigenvalue weighted by atomic mass is 32.1. The summed E-state index contributed by atoms with van der Waals surface area (Å²) in [6.45, 7) is 6.40. The van der Waals surface area contributed by atoms with Gasteiger partial charge in [0.25, 0.3) is 0 Å². The van der Waals surface area contributed by atoms with E-state index in [0.717, 1.165) is 23.2 Å². The van der Waals surface area contributed by atoms with E-state index in [1.165, 1.54) is 20.9 Å². The molecule has 4 heteroatoms. The summed E-state index contributed by atoms with van der Waals surface area (Å²) in [6, 6.07) is 10.7. The van der Waals surface area contributed by atoms with Crippen LogP contribution in [0.1, 0.15) is 22.9 Å². The minimum Gasteiger partial charge on any atom is -0.382 e.